The number of hydrogen-bond donors (Lipinski definition) is 0. The quantitative estimate of drug-likeness (QED) is 0.321. The number of amides is 1. The van der Waals surface area contributed by atoms with Gasteiger partial charge in [0.1, 0.15) is 18.2 Å². The topological polar surface area (TPSA) is 29.5 Å². The van der Waals surface area contributed by atoms with Crippen LogP contribution in [-0.4, -0.2) is 48.6 Å². The third-order valence-electron chi connectivity index (χ3n) is 7.49. The van der Waals surface area contributed by atoms with Crippen LogP contribution in [0.2, 0.25) is 0 Å². The number of thioether (sulfide) groups is 1. The molecule has 6 rings (SSSR count). The van der Waals surface area contributed by atoms with Crippen molar-refractivity contribution in [3.05, 3.63) is 96.1 Å². The highest BCUT2D eigenvalue weighted by Gasteiger charge is 2.47. The van der Waals surface area contributed by atoms with Crippen LogP contribution in [0.5, 0.6) is 0 Å². The molecular formula is C29H31ClF2N2O2S. The zero-order chi connectivity index (χ0) is 25.0. The standard InChI is InChI=1S/C29H31F2N2O2S.ClH/c30-24-12-10-22(11-13-24)20-32(27-9-5-4-8-26(27)31)29(34)35-28-21-33(16-14-23(28)15-17-33)18-19-36-25-6-2-1-3-7-25;/h1-13,23,28H,14-21H2;1H/q+1;/p-1/t23?,28-,33?;/m0./s1. The number of benzene rings is 3. The molecule has 196 valence electrons. The van der Waals surface area contributed by atoms with Crippen LogP contribution >= 0.6 is 11.8 Å². The second-order valence-electron chi connectivity index (χ2n) is 9.78. The molecule has 0 saturated carbocycles. The van der Waals surface area contributed by atoms with Crippen LogP contribution in [0.1, 0.15) is 18.4 Å². The Labute approximate surface area is 227 Å². The van der Waals surface area contributed by atoms with Gasteiger partial charge in [-0.15, -0.1) is 11.8 Å². The zero-order valence-electron chi connectivity index (χ0n) is 20.6. The van der Waals surface area contributed by atoms with E-state index in [1.807, 2.05) is 17.8 Å². The van der Waals surface area contributed by atoms with Crippen LogP contribution in [0.25, 0.3) is 0 Å². The number of para-hydroxylation sites is 1. The number of nitrogens with zero attached hydrogens (tertiary/aromatic N) is 2. The summed E-state index contributed by atoms with van der Waals surface area (Å²) in [4.78, 5) is 16.1. The molecule has 3 aliphatic rings. The van der Waals surface area contributed by atoms with Crippen LogP contribution in [0.4, 0.5) is 19.3 Å². The van der Waals surface area contributed by atoms with Crippen LogP contribution < -0.4 is 17.3 Å². The molecule has 1 atom stereocenters. The monoisotopic (exact) mass is 544 g/mol. The Morgan fingerprint density at radius 2 is 1.62 bits per heavy atom. The lowest BCUT2D eigenvalue weighted by Crippen LogP contribution is -3.00. The zero-order valence-corrected chi connectivity index (χ0v) is 22.1. The summed E-state index contributed by atoms with van der Waals surface area (Å²) in [6, 6.07) is 22.5. The number of fused-ring (bicyclic) bond motifs is 3. The van der Waals surface area contributed by atoms with E-state index in [-0.39, 0.29) is 36.6 Å². The molecule has 0 N–H and O–H groups in total. The number of carbonyl (C=O) groups is 1. The molecule has 0 aliphatic carbocycles. The third-order valence-corrected chi connectivity index (χ3v) is 8.48. The smallest absolute Gasteiger partial charge is 0.415 e. The van der Waals surface area contributed by atoms with E-state index in [1.165, 1.54) is 28.0 Å². The highest BCUT2D eigenvalue weighted by molar-refractivity contribution is 7.99. The first kappa shape index (κ1) is 27.4. The number of anilines is 1. The lowest BCUT2D eigenvalue weighted by Gasteiger charge is -2.52. The molecule has 3 heterocycles. The minimum Gasteiger partial charge on any atom is -1.00 e. The van der Waals surface area contributed by atoms with Gasteiger partial charge in [-0.1, -0.05) is 42.5 Å². The summed E-state index contributed by atoms with van der Waals surface area (Å²) in [5.74, 6) is 0.503. The van der Waals surface area contributed by atoms with Crippen molar-refractivity contribution in [3.8, 4) is 0 Å². The van der Waals surface area contributed by atoms with Crippen LogP contribution in [0, 0.1) is 17.6 Å². The fourth-order valence-corrected chi connectivity index (χ4v) is 6.49. The fraction of sp³-hybridized carbons (Fsp3) is 0.345. The largest absolute Gasteiger partial charge is 1.00 e. The first-order valence-electron chi connectivity index (χ1n) is 12.5. The van der Waals surface area contributed by atoms with Crippen LogP contribution in [0.15, 0.2) is 83.8 Å². The molecule has 4 nitrogen and oxygen atoms in total. The SMILES string of the molecule is O=C(O[C@H]1C[N+]2(CCSc3ccccc3)CCC1CC2)N(Cc1ccc(F)cc1)c1ccccc1F.[Cl-]. The minimum absolute atomic E-state index is 0. The summed E-state index contributed by atoms with van der Waals surface area (Å²) in [7, 11) is 0. The van der Waals surface area contributed by atoms with Crippen LogP contribution in [0.3, 0.4) is 0 Å². The molecule has 37 heavy (non-hydrogen) atoms. The summed E-state index contributed by atoms with van der Waals surface area (Å²) < 4.78 is 35.2. The molecule has 1 amide bonds. The summed E-state index contributed by atoms with van der Waals surface area (Å²) in [6.45, 7) is 4.16. The van der Waals surface area contributed by atoms with E-state index < -0.39 is 11.9 Å². The third kappa shape index (κ3) is 6.64. The number of carbonyl (C=O) groups excluding carboxylic acids is 1. The van der Waals surface area contributed by atoms with Crippen molar-refractivity contribution in [1.82, 2.24) is 0 Å². The number of ether oxygens (including phenoxy) is 1. The van der Waals surface area contributed by atoms with Gasteiger partial charge in [0, 0.05) is 29.4 Å². The van der Waals surface area contributed by atoms with Gasteiger partial charge in [-0.05, 0) is 42.0 Å². The number of rotatable bonds is 8. The molecule has 3 aromatic carbocycles. The average molecular weight is 545 g/mol. The Balaban J connectivity index is 0.00000320. The second-order valence-corrected chi connectivity index (χ2v) is 10.9. The maximum Gasteiger partial charge on any atom is 0.415 e. The highest BCUT2D eigenvalue weighted by atomic mass is 35.5. The summed E-state index contributed by atoms with van der Waals surface area (Å²) in [5, 5.41) is 0. The van der Waals surface area contributed by atoms with Gasteiger partial charge in [-0.2, -0.15) is 0 Å². The molecule has 3 aromatic rings. The van der Waals surface area contributed by atoms with E-state index in [0.717, 1.165) is 49.3 Å². The molecule has 0 unspecified atom stereocenters. The average Bonchev–Trinajstić information content (AvgIpc) is 2.90. The van der Waals surface area contributed by atoms with Gasteiger partial charge in [-0.25, -0.2) is 13.6 Å². The van der Waals surface area contributed by atoms with Gasteiger partial charge < -0.3 is 21.6 Å². The van der Waals surface area contributed by atoms with Gasteiger partial charge in [0.05, 0.1) is 31.9 Å². The van der Waals surface area contributed by atoms with Gasteiger partial charge in [0.25, 0.3) is 0 Å². The van der Waals surface area contributed by atoms with E-state index in [4.69, 9.17) is 4.74 Å². The Kier molecular flexibility index (Phi) is 9.11. The lowest BCUT2D eigenvalue weighted by molar-refractivity contribution is -0.943. The molecule has 3 fully saturated rings. The van der Waals surface area contributed by atoms with Crippen LogP contribution in [-0.2, 0) is 11.3 Å². The van der Waals surface area contributed by atoms with Gasteiger partial charge >= 0.3 is 6.09 Å². The Bertz CT molecular complexity index is 1170. The number of piperidine rings is 3. The molecule has 3 aliphatic heterocycles. The first-order valence-corrected chi connectivity index (χ1v) is 13.5. The molecule has 0 radical (unpaired) electrons. The van der Waals surface area contributed by atoms with Crippen molar-refractivity contribution in [3.63, 3.8) is 0 Å². The van der Waals surface area contributed by atoms with Crippen molar-refractivity contribution in [2.24, 2.45) is 5.92 Å². The van der Waals surface area contributed by atoms with Gasteiger partial charge in [0.15, 0.2) is 6.10 Å². The number of quaternary nitrogens is 1. The number of hydrogen-bond acceptors (Lipinski definition) is 3. The Hall–Kier alpha value is -2.61. The molecule has 2 bridgehead atoms. The van der Waals surface area contributed by atoms with E-state index in [9.17, 15) is 13.6 Å². The van der Waals surface area contributed by atoms with Crippen molar-refractivity contribution in [2.45, 2.75) is 30.4 Å². The van der Waals surface area contributed by atoms with E-state index >= 15 is 0 Å². The predicted molar refractivity (Wildman–Crippen MR) is 139 cm³/mol. The van der Waals surface area contributed by atoms with Gasteiger partial charge in [-0.3, -0.25) is 4.90 Å². The van der Waals surface area contributed by atoms with E-state index in [2.05, 4.69) is 24.3 Å². The van der Waals surface area contributed by atoms with E-state index in [1.54, 1.807) is 30.3 Å². The molecule has 8 heteroatoms. The number of halogens is 3. The Morgan fingerprint density at radius 1 is 0.946 bits per heavy atom. The lowest BCUT2D eigenvalue weighted by atomic mass is 9.83. The normalized spacial score (nSPS) is 22.2. The summed E-state index contributed by atoms with van der Waals surface area (Å²) in [6.07, 6.45) is 1.32. The Morgan fingerprint density at radius 3 is 2.32 bits per heavy atom. The predicted octanol–water partition coefficient (Wildman–Crippen LogP) is 3.51. The molecule has 0 aromatic heterocycles. The maximum absolute atomic E-state index is 14.7. The second kappa shape index (κ2) is 12.3. The maximum atomic E-state index is 14.7. The van der Waals surface area contributed by atoms with E-state index in [0.29, 0.717) is 11.5 Å². The molecular weight excluding hydrogens is 514 g/mol. The van der Waals surface area contributed by atoms with Crippen molar-refractivity contribution >= 4 is 23.5 Å². The van der Waals surface area contributed by atoms with Gasteiger partial charge in [0.2, 0.25) is 0 Å². The molecule has 3 saturated heterocycles. The minimum atomic E-state index is -0.556. The first-order chi connectivity index (χ1) is 17.5. The fourth-order valence-electron chi connectivity index (χ4n) is 5.43. The summed E-state index contributed by atoms with van der Waals surface area (Å²) >= 11 is 1.87. The van der Waals surface area contributed by atoms with Crippen molar-refractivity contribution < 1.29 is 35.2 Å². The molecule has 0 spiro atoms. The highest BCUT2D eigenvalue weighted by Crippen LogP contribution is 2.37. The van der Waals surface area contributed by atoms with Crippen molar-refractivity contribution in [1.29, 1.82) is 0 Å². The summed E-state index contributed by atoms with van der Waals surface area (Å²) in [5.41, 5.74) is 0.864. The van der Waals surface area contributed by atoms with Crippen molar-refractivity contribution in [2.75, 3.05) is 36.8 Å².